The van der Waals surface area contributed by atoms with Crippen molar-refractivity contribution < 1.29 is 37.0 Å². The molecule has 0 N–H and O–H groups in total. The quantitative estimate of drug-likeness (QED) is 0.163. The molecule has 0 fully saturated rings. The Hall–Kier alpha value is -3.76. The topological polar surface area (TPSA) is 97.6 Å². The molecule has 11 heteroatoms. The summed E-state index contributed by atoms with van der Waals surface area (Å²) >= 11 is 0. The number of nitrogens with zero attached hydrogens (tertiary/aromatic N) is 3. The third-order valence-electron chi connectivity index (χ3n) is 5.04. The second kappa shape index (κ2) is 14.7. The number of esters is 2. The van der Waals surface area contributed by atoms with E-state index in [-0.39, 0.29) is 30.8 Å². The number of Topliss-reactive ketones (excluding diaryl/α,β-unsaturated/α-hetero) is 1. The zero-order valence-electron chi connectivity index (χ0n) is 20.8. The van der Waals surface area contributed by atoms with E-state index >= 15 is 0 Å². The van der Waals surface area contributed by atoms with Crippen molar-refractivity contribution in [3.8, 4) is 0 Å². The molecule has 0 aliphatic rings. The molecule has 0 amide bonds. The lowest BCUT2D eigenvalue weighted by Gasteiger charge is -2.24. The van der Waals surface area contributed by atoms with Gasteiger partial charge >= 0.3 is 18.1 Å². The lowest BCUT2D eigenvalue weighted by molar-refractivity contribution is -0.143. The molecule has 0 aliphatic carbocycles. The van der Waals surface area contributed by atoms with Gasteiger partial charge in [0.1, 0.15) is 13.2 Å². The van der Waals surface area contributed by atoms with E-state index in [2.05, 4.69) is 10.2 Å². The van der Waals surface area contributed by atoms with Gasteiger partial charge in [0.15, 0.2) is 0 Å². The number of carbonyl (C=O) groups is 3. The first-order valence-electron chi connectivity index (χ1n) is 11.9. The minimum absolute atomic E-state index is 0.177. The highest BCUT2D eigenvalue weighted by Crippen LogP contribution is 2.25. The maximum atomic E-state index is 12.5. The number of ether oxygens (including phenoxy) is 2. The van der Waals surface area contributed by atoms with Gasteiger partial charge in [-0.2, -0.15) is 23.4 Å². The van der Waals surface area contributed by atoms with Gasteiger partial charge in [-0.1, -0.05) is 13.8 Å². The zero-order chi connectivity index (χ0) is 27.3. The van der Waals surface area contributed by atoms with Gasteiger partial charge in [0.25, 0.3) is 5.78 Å². The van der Waals surface area contributed by atoms with Crippen molar-refractivity contribution in [1.82, 2.24) is 0 Å². The summed E-state index contributed by atoms with van der Waals surface area (Å²) in [4.78, 5) is 36.5. The summed E-state index contributed by atoms with van der Waals surface area (Å²) in [6, 6.07) is 11.6. The number of hydrogen-bond acceptors (Lipinski definition) is 8. The van der Waals surface area contributed by atoms with Gasteiger partial charge in [-0.3, -0.25) is 14.4 Å². The first kappa shape index (κ1) is 29.5. The van der Waals surface area contributed by atoms with Crippen molar-refractivity contribution in [3.63, 3.8) is 0 Å². The van der Waals surface area contributed by atoms with E-state index < -0.39 is 17.5 Å². The number of halogens is 3. The van der Waals surface area contributed by atoms with Crippen LogP contribution in [0.25, 0.3) is 0 Å². The van der Waals surface area contributed by atoms with Crippen LogP contribution in [0.5, 0.6) is 0 Å². The van der Waals surface area contributed by atoms with Crippen LogP contribution in [0.3, 0.4) is 0 Å². The highest BCUT2D eigenvalue weighted by molar-refractivity contribution is 6.00. The lowest BCUT2D eigenvalue weighted by Crippen LogP contribution is -2.32. The number of hydrogen-bond donors (Lipinski definition) is 0. The van der Waals surface area contributed by atoms with Gasteiger partial charge in [0.2, 0.25) is 0 Å². The smallest absolute Gasteiger partial charge is 0.454 e. The third-order valence-corrected chi connectivity index (χ3v) is 5.04. The van der Waals surface area contributed by atoms with E-state index in [0.717, 1.165) is 17.8 Å². The molecule has 2 aromatic rings. The van der Waals surface area contributed by atoms with Crippen LogP contribution in [0.4, 0.5) is 30.2 Å². The van der Waals surface area contributed by atoms with Gasteiger partial charge in [-0.15, -0.1) is 0 Å². The summed E-state index contributed by atoms with van der Waals surface area (Å²) in [5.74, 6) is -2.47. The second-order valence-corrected chi connectivity index (χ2v) is 8.02. The van der Waals surface area contributed by atoms with Crippen molar-refractivity contribution in [2.45, 2.75) is 45.7 Å². The second-order valence-electron chi connectivity index (χ2n) is 8.02. The fourth-order valence-electron chi connectivity index (χ4n) is 3.15. The Labute approximate surface area is 213 Å². The van der Waals surface area contributed by atoms with Crippen molar-refractivity contribution in [2.24, 2.45) is 10.2 Å². The molecule has 0 saturated carbocycles. The van der Waals surface area contributed by atoms with Gasteiger partial charge in [-0.05, 0) is 61.4 Å². The fourth-order valence-corrected chi connectivity index (χ4v) is 3.15. The normalized spacial score (nSPS) is 11.4. The molecule has 0 radical (unpaired) electrons. The summed E-state index contributed by atoms with van der Waals surface area (Å²) in [5, 5.41) is 8.06. The zero-order valence-corrected chi connectivity index (χ0v) is 20.8. The predicted octanol–water partition coefficient (Wildman–Crippen LogP) is 6.34. The van der Waals surface area contributed by atoms with E-state index in [1.54, 1.807) is 24.3 Å². The van der Waals surface area contributed by atoms with Crippen molar-refractivity contribution >= 4 is 34.8 Å². The molecule has 0 saturated heterocycles. The van der Waals surface area contributed by atoms with Crippen LogP contribution in [0, 0.1) is 0 Å². The molecule has 37 heavy (non-hydrogen) atoms. The Bertz CT molecular complexity index is 1030. The summed E-state index contributed by atoms with van der Waals surface area (Å²) < 4.78 is 48.1. The molecule has 0 bridgehead atoms. The number of carbonyl (C=O) groups excluding carboxylic acids is 3. The van der Waals surface area contributed by atoms with Gasteiger partial charge in [0, 0.05) is 24.1 Å². The Morgan fingerprint density at radius 3 is 1.59 bits per heavy atom. The lowest BCUT2D eigenvalue weighted by atomic mass is 10.1. The first-order chi connectivity index (χ1) is 17.6. The standard InChI is InChI=1S/C26H30F3N3O5/c1-3-5-23(33)36-17-15-32(16-18-37-24(34)6-4-2)22-13-11-21(12-14-22)31-30-20-9-7-19(8-10-20)25(35)26(27,28)29/h7-14H,3-6,15-18H2,1-2H3/b31-30+. The van der Waals surface area contributed by atoms with Crippen molar-refractivity contribution in [3.05, 3.63) is 54.1 Å². The Kier molecular flexibility index (Phi) is 11.7. The minimum Gasteiger partial charge on any atom is -0.464 e. The largest absolute Gasteiger partial charge is 0.464 e. The van der Waals surface area contributed by atoms with E-state index in [4.69, 9.17) is 9.47 Å². The summed E-state index contributed by atoms with van der Waals surface area (Å²) in [6.45, 7) is 4.92. The van der Waals surface area contributed by atoms with E-state index in [1.165, 1.54) is 12.1 Å². The highest BCUT2D eigenvalue weighted by Gasteiger charge is 2.39. The third kappa shape index (κ3) is 10.4. The van der Waals surface area contributed by atoms with Crippen LogP contribution in [-0.4, -0.2) is 50.2 Å². The average molecular weight is 522 g/mol. The van der Waals surface area contributed by atoms with Gasteiger partial charge in [-0.25, -0.2) is 0 Å². The first-order valence-corrected chi connectivity index (χ1v) is 11.9. The van der Waals surface area contributed by atoms with Crippen molar-refractivity contribution in [1.29, 1.82) is 0 Å². The number of benzene rings is 2. The van der Waals surface area contributed by atoms with E-state index in [9.17, 15) is 27.6 Å². The number of azo groups is 1. The van der Waals surface area contributed by atoms with E-state index in [0.29, 0.717) is 44.5 Å². The minimum atomic E-state index is -4.94. The molecular formula is C26H30F3N3O5. The monoisotopic (exact) mass is 521 g/mol. The molecule has 0 spiro atoms. The molecule has 2 aromatic carbocycles. The summed E-state index contributed by atoms with van der Waals surface area (Å²) in [6.07, 6.45) is -2.86. The molecule has 0 aliphatic heterocycles. The molecule has 0 aromatic heterocycles. The molecule has 0 heterocycles. The van der Waals surface area contributed by atoms with Crippen LogP contribution >= 0.6 is 0 Å². The predicted molar refractivity (Wildman–Crippen MR) is 131 cm³/mol. The van der Waals surface area contributed by atoms with Crippen LogP contribution in [0.1, 0.15) is 49.9 Å². The Morgan fingerprint density at radius 2 is 1.19 bits per heavy atom. The summed E-state index contributed by atoms with van der Waals surface area (Å²) in [7, 11) is 0. The fraction of sp³-hybridized carbons (Fsp3) is 0.423. The van der Waals surface area contributed by atoms with Crippen LogP contribution in [-0.2, 0) is 19.1 Å². The summed E-state index contributed by atoms with van der Waals surface area (Å²) in [5.41, 5.74) is 1.08. The Morgan fingerprint density at radius 1 is 0.757 bits per heavy atom. The van der Waals surface area contributed by atoms with Crippen molar-refractivity contribution in [2.75, 3.05) is 31.2 Å². The SMILES string of the molecule is CCCC(=O)OCCN(CCOC(=O)CCC)c1ccc(/N=N/c2ccc(C(=O)C(F)(F)F)cc2)cc1. The molecule has 200 valence electrons. The Balaban J connectivity index is 2.03. The molecular weight excluding hydrogens is 491 g/mol. The number of anilines is 1. The van der Waals surface area contributed by atoms with Gasteiger partial charge < -0.3 is 14.4 Å². The van der Waals surface area contributed by atoms with Crippen LogP contribution < -0.4 is 4.90 Å². The maximum Gasteiger partial charge on any atom is 0.454 e. The molecule has 2 rings (SSSR count). The number of ketones is 1. The number of rotatable bonds is 14. The van der Waals surface area contributed by atoms with E-state index in [1.807, 2.05) is 18.7 Å². The van der Waals surface area contributed by atoms with Gasteiger partial charge in [0.05, 0.1) is 24.5 Å². The molecule has 0 atom stereocenters. The highest BCUT2D eigenvalue weighted by atomic mass is 19.4. The van der Waals surface area contributed by atoms with Crippen LogP contribution in [0.2, 0.25) is 0 Å². The van der Waals surface area contributed by atoms with Crippen LogP contribution in [0.15, 0.2) is 58.8 Å². The molecule has 8 nitrogen and oxygen atoms in total. The molecule has 0 unspecified atom stereocenters. The average Bonchev–Trinajstić information content (AvgIpc) is 2.86. The maximum absolute atomic E-state index is 12.5. The number of alkyl halides is 3.